The van der Waals surface area contributed by atoms with E-state index in [1.165, 1.54) is 33.1 Å². The summed E-state index contributed by atoms with van der Waals surface area (Å²) in [5.41, 5.74) is 2.49. The van der Waals surface area contributed by atoms with Gasteiger partial charge in [0.25, 0.3) is 11.5 Å². The lowest BCUT2D eigenvalue weighted by molar-refractivity contribution is 0.0626. The minimum Gasteiger partial charge on any atom is -0.336 e. The molecule has 1 aliphatic heterocycles. The first-order chi connectivity index (χ1) is 13.5. The first kappa shape index (κ1) is 18.8. The molecule has 0 spiro atoms. The Labute approximate surface area is 168 Å². The molecule has 6 nitrogen and oxygen atoms in total. The van der Waals surface area contributed by atoms with Crippen LogP contribution in [0.25, 0.3) is 4.96 Å². The maximum atomic E-state index is 12.8. The molecule has 3 heterocycles. The Hall–Kier alpha value is -2.51. The fourth-order valence-corrected chi connectivity index (χ4v) is 4.19. The summed E-state index contributed by atoms with van der Waals surface area (Å²) in [5.74, 6) is 0.314. The maximum Gasteiger partial charge on any atom is 0.271 e. The van der Waals surface area contributed by atoms with Crippen molar-refractivity contribution < 1.29 is 4.79 Å². The van der Waals surface area contributed by atoms with Gasteiger partial charge in [0.15, 0.2) is 4.96 Å². The number of piperazine rings is 1. The van der Waals surface area contributed by atoms with Crippen LogP contribution >= 0.6 is 11.3 Å². The lowest BCUT2D eigenvalue weighted by atomic mass is 10.0. The van der Waals surface area contributed by atoms with Gasteiger partial charge in [0.2, 0.25) is 0 Å². The van der Waals surface area contributed by atoms with Crippen LogP contribution in [0.5, 0.6) is 0 Å². The van der Waals surface area contributed by atoms with E-state index in [4.69, 9.17) is 0 Å². The molecule has 1 fully saturated rings. The standard InChI is InChI=1S/C21H24N4O2S/c1-15(2)17-5-3-16(4-6-17)14-23-7-9-24(10-8-23)19(26)18-13-22-21-25(20(18)27)11-12-28-21/h3-6,11-13,15H,7-10,14H2,1-2H3. The van der Waals surface area contributed by atoms with Gasteiger partial charge in [-0.05, 0) is 17.0 Å². The Kier molecular flexibility index (Phi) is 5.28. The number of aromatic nitrogens is 2. The zero-order chi connectivity index (χ0) is 19.7. The van der Waals surface area contributed by atoms with Gasteiger partial charge in [-0.2, -0.15) is 0 Å². The fraction of sp³-hybridized carbons (Fsp3) is 0.381. The highest BCUT2D eigenvalue weighted by molar-refractivity contribution is 7.15. The van der Waals surface area contributed by atoms with Gasteiger partial charge in [-0.15, -0.1) is 11.3 Å². The molecule has 0 unspecified atom stereocenters. The third-order valence-corrected chi connectivity index (χ3v) is 6.06. The monoisotopic (exact) mass is 396 g/mol. The van der Waals surface area contributed by atoms with Crippen molar-refractivity contribution in [2.45, 2.75) is 26.3 Å². The third kappa shape index (κ3) is 3.72. The van der Waals surface area contributed by atoms with E-state index < -0.39 is 0 Å². The predicted molar refractivity (Wildman–Crippen MR) is 111 cm³/mol. The van der Waals surface area contributed by atoms with E-state index in [2.05, 4.69) is 48.0 Å². The molecule has 0 atom stereocenters. The Bertz CT molecular complexity index is 1030. The van der Waals surface area contributed by atoms with Crippen LogP contribution in [-0.4, -0.2) is 51.3 Å². The molecule has 1 amide bonds. The number of fused-ring (bicyclic) bond motifs is 1. The van der Waals surface area contributed by atoms with Gasteiger partial charge < -0.3 is 4.90 Å². The summed E-state index contributed by atoms with van der Waals surface area (Å²) < 4.78 is 1.44. The van der Waals surface area contributed by atoms with Crippen molar-refractivity contribution in [1.82, 2.24) is 19.2 Å². The third-order valence-electron chi connectivity index (χ3n) is 5.29. The number of carbonyl (C=O) groups excluding carboxylic acids is 1. The largest absolute Gasteiger partial charge is 0.336 e. The van der Waals surface area contributed by atoms with Gasteiger partial charge in [0, 0.05) is 50.5 Å². The molecule has 0 aliphatic carbocycles. The fourth-order valence-electron chi connectivity index (χ4n) is 3.52. The highest BCUT2D eigenvalue weighted by atomic mass is 32.1. The van der Waals surface area contributed by atoms with Crippen molar-refractivity contribution in [3.63, 3.8) is 0 Å². The maximum absolute atomic E-state index is 12.8. The molecule has 2 aromatic heterocycles. The SMILES string of the molecule is CC(C)c1ccc(CN2CCN(C(=O)c3cnc4sccn4c3=O)CC2)cc1. The molecule has 0 bridgehead atoms. The Morgan fingerprint density at radius 1 is 1.14 bits per heavy atom. The van der Waals surface area contributed by atoms with E-state index in [-0.39, 0.29) is 17.0 Å². The summed E-state index contributed by atoms with van der Waals surface area (Å²) in [7, 11) is 0. The Balaban J connectivity index is 1.38. The second kappa shape index (κ2) is 7.85. The van der Waals surface area contributed by atoms with Gasteiger partial charge in [0.1, 0.15) is 5.56 Å². The lowest BCUT2D eigenvalue weighted by Gasteiger charge is -2.34. The number of thiazole rings is 1. The summed E-state index contributed by atoms with van der Waals surface area (Å²) in [4.78, 5) is 34.3. The molecule has 28 heavy (non-hydrogen) atoms. The van der Waals surface area contributed by atoms with Crippen molar-refractivity contribution in [1.29, 1.82) is 0 Å². The molecule has 0 N–H and O–H groups in total. The first-order valence-electron chi connectivity index (χ1n) is 9.58. The summed E-state index contributed by atoms with van der Waals surface area (Å²) in [6.45, 7) is 8.11. The highest BCUT2D eigenvalue weighted by Gasteiger charge is 2.25. The minimum atomic E-state index is -0.288. The zero-order valence-electron chi connectivity index (χ0n) is 16.2. The average molecular weight is 397 g/mol. The quantitative estimate of drug-likeness (QED) is 0.680. The summed E-state index contributed by atoms with van der Waals surface area (Å²) >= 11 is 1.38. The first-order valence-corrected chi connectivity index (χ1v) is 10.5. The van der Waals surface area contributed by atoms with Crippen LogP contribution in [0, 0.1) is 0 Å². The number of rotatable bonds is 4. The molecule has 1 aromatic carbocycles. The number of nitrogens with zero attached hydrogens (tertiary/aromatic N) is 4. The number of hydrogen-bond donors (Lipinski definition) is 0. The van der Waals surface area contributed by atoms with Crippen LogP contribution < -0.4 is 5.56 Å². The molecule has 4 rings (SSSR count). The van der Waals surface area contributed by atoms with Gasteiger partial charge in [-0.1, -0.05) is 38.1 Å². The smallest absolute Gasteiger partial charge is 0.271 e. The molecule has 7 heteroatoms. The van der Waals surface area contributed by atoms with Crippen LogP contribution in [-0.2, 0) is 6.54 Å². The molecule has 0 saturated carbocycles. The van der Waals surface area contributed by atoms with Gasteiger partial charge >= 0.3 is 0 Å². The van der Waals surface area contributed by atoms with Crippen LogP contribution in [0.2, 0.25) is 0 Å². The van der Waals surface area contributed by atoms with Crippen LogP contribution in [0.1, 0.15) is 41.3 Å². The van der Waals surface area contributed by atoms with E-state index in [0.29, 0.717) is 24.0 Å². The van der Waals surface area contributed by atoms with Crippen LogP contribution in [0.15, 0.2) is 46.8 Å². The van der Waals surface area contributed by atoms with Crippen molar-refractivity contribution in [3.8, 4) is 0 Å². The van der Waals surface area contributed by atoms with E-state index in [1.54, 1.807) is 16.5 Å². The van der Waals surface area contributed by atoms with Crippen LogP contribution in [0.3, 0.4) is 0 Å². The molecule has 0 radical (unpaired) electrons. The molecule has 146 valence electrons. The summed E-state index contributed by atoms with van der Waals surface area (Å²) in [6, 6.07) is 8.77. The average Bonchev–Trinajstić information content (AvgIpc) is 3.19. The van der Waals surface area contributed by atoms with E-state index in [1.807, 2.05) is 0 Å². The highest BCUT2D eigenvalue weighted by Crippen LogP contribution is 2.16. The molecular weight excluding hydrogens is 372 g/mol. The molecule has 1 saturated heterocycles. The molecule has 3 aromatic rings. The van der Waals surface area contributed by atoms with Gasteiger partial charge in [-0.3, -0.25) is 18.9 Å². The number of hydrogen-bond acceptors (Lipinski definition) is 5. The van der Waals surface area contributed by atoms with E-state index >= 15 is 0 Å². The topological polar surface area (TPSA) is 57.9 Å². The summed E-state index contributed by atoms with van der Waals surface area (Å²) in [5, 5.41) is 1.80. The number of carbonyl (C=O) groups is 1. The van der Waals surface area contributed by atoms with E-state index in [9.17, 15) is 9.59 Å². The van der Waals surface area contributed by atoms with Gasteiger partial charge in [-0.25, -0.2) is 4.98 Å². The number of benzene rings is 1. The zero-order valence-corrected chi connectivity index (χ0v) is 17.0. The predicted octanol–water partition coefficient (Wildman–Crippen LogP) is 2.84. The normalized spacial score (nSPS) is 15.5. The molecule has 1 aliphatic rings. The molecular formula is C21H24N4O2S. The van der Waals surface area contributed by atoms with Gasteiger partial charge in [0.05, 0.1) is 0 Å². The van der Waals surface area contributed by atoms with Crippen molar-refractivity contribution >= 4 is 22.2 Å². The van der Waals surface area contributed by atoms with Crippen molar-refractivity contribution in [2.75, 3.05) is 26.2 Å². The number of amides is 1. The van der Waals surface area contributed by atoms with Crippen molar-refractivity contribution in [2.24, 2.45) is 0 Å². The lowest BCUT2D eigenvalue weighted by Crippen LogP contribution is -2.49. The Morgan fingerprint density at radius 3 is 2.54 bits per heavy atom. The summed E-state index contributed by atoms with van der Waals surface area (Å²) in [6.07, 6.45) is 3.08. The van der Waals surface area contributed by atoms with E-state index in [0.717, 1.165) is 19.6 Å². The second-order valence-electron chi connectivity index (χ2n) is 7.50. The Morgan fingerprint density at radius 2 is 1.86 bits per heavy atom. The van der Waals surface area contributed by atoms with Crippen molar-refractivity contribution in [3.05, 3.63) is 69.1 Å². The second-order valence-corrected chi connectivity index (χ2v) is 8.37. The minimum absolute atomic E-state index is 0.147. The van der Waals surface area contributed by atoms with Crippen LogP contribution in [0.4, 0.5) is 0 Å².